The Balaban J connectivity index is 2.41. The van der Waals surface area contributed by atoms with Crippen LogP contribution in [-0.2, 0) is 6.42 Å². The van der Waals surface area contributed by atoms with Crippen LogP contribution in [0.15, 0.2) is 12.5 Å². The van der Waals surface area contributed by atoms with Gasteiger partial charge in [0.1, 0.15) is 0 Å². The molecular formula is C7H13N3O. The Bertz CT molecular complexity index is 182. The minimum Gasteiger partial charge on any atom is -0.395 e. The SMILES string of the molecule is CN[C@@H](CO)Cc1cnc[nH]1. The second kappa shape index (κ2) is 4.10. The van der Waals surface area contributed by atoms with Crippen molar-refractivity contribution in [1.82, 2.24) is 15.3 Å². The third kappa shape index (κ3) is 2.32. The highest BCUT2D eigenvalue weighted by atomic mass is 16.3. The lowest BCUT2D eigenvalue weighted by Crippen LogP contribution is -2.31. The zero-order valence-electron chi connectivity index (χ0n) is 6.54. The van der Waals surface area contributed by atoms with E-state index in [0.29, 0.717) is 0 Å². The fourth-order valence-corrected chi connectivity index (χ4v) is 0.920. The van der Waals surface area contributed by atoms with Crippen LogP contribution in [-0.4, -0.2) is 34.8 Å². The first kappa shape index (κ1) is 8.23. The molecule has 0 saturated carbocycles. The predicted octanol–water partition coefficient (Wildman–Crippen LogP) is -0.468. The fraction of sp³-hybridized carbons (Fsp3) is 0.571. The summed E-state index contributed by atoms with van der Waals surface area (Å²) in [6.07, 6.45) is 4.19. The van der Waals surface area contributed by atoms with Crippen molar-refractivity contribution in [2.24, 2.45) is 0 Å². The van der Waals surface area contributed by atoms with Crippen LogP contribution in [0, 0.1) is 0 Å². The molecule has 0 radical (unpaired) electrons. The molecule has 0 fully saturated rings. The van der Waals surface area contributed by atoms with Gasteiger partial charge in [0.05, 0.1) is 12.9 Å². The van der Waals surface area contributed by atoms with Crippen molar-refractivity contribution in [3.8, 4) is 0 Å². The van der Waals surface area contributed by atoms with Gasteiger partial charge in [0, 0.05) is 24.4 Å². The predicted molar refractivity (Wildman–Crippen MR) is 42.2 cm³/mol. The van der Waals surface area contributed by atoms with Crippen molar-refractivity contribution >= 4 is 0 Å². The second-order valence-corrected chi connectivity index (χ2v) is 2.45. The molecular weight excluding hydrogens is 142 g/mol. The van der Waals surface area contributed by atoms with Crippen molar-refractivity contribution in [1.29, 1.82) is 0 Å². The van der Waals surface area contributed by atoms with Crippen molar-refractivity contribution in [2.75, 3.05) is 13.7 Å². The van der Waals surface area contributed by atoms with Gasteiger partial charge in [-0.2, -0.15) is 0 Å². The summed E-state index contributed by atoms with van der Waals surface area (Å²) < 4.78 is 0. The van der Waals surface area contributed by atoms with Gasteiger partial charge in [-0.25, -0.2) is 4.98 Å². The van der Waals surface area contributed by atoms with Crippen LogP contribution in [0.1, 0.15) is 5.69 Å². The number of H-pyrrole nitrogens is 1. The molecule has 0 aliphatic rings. The van der Waals surface area contributed by atoms with Gasteiger partial charge in [-0.15, -0.1) is 0 Å². The van der Waals surface area contributed by atoms with Gasteiger partial charge in [-0.3, -0.25) is 0 Å². The Kier molecular flexibility index (Phi) is 3.07. The largest absolute Gasteiger partial charge is 0.395 e. The zero-order valence-corrected chi connectivity index (χ0v) is 6.54. The van der Waals surface area contributed by atoms with Crippen LogP contribution in [0.2, 0.25) is 0 Å². The van der Waals surface area contributed by atoms with Crippen LogP contribution in [0.4, 0.5) is 0 Å². The first-order valence-corrected chi connectivity index (χ1v) is 3.62. The van der Waals surface area contributed by atoms with E-state index < -0.39 is 0 Å². The lowest BCUT2D eigenvalue weighted by Gasteiger charge is -2.10. The van der Waals surface area contributed by atoms with Crippen molar-refractivity contribution in [3.63, 3.8) is 0 Å². The number of hydrogen-bond acceptors (Lipinski definition) is 3. The molecule has 0 amide bonds. The normalized spacial score (nSPS) is 13.3. The van der Waals surface area contributed by atoms with Crippen molar-refractivity contribution < 1.29 is 5.11 Å². The molecule has 1 heterocycles. The molecule has 1 aromatic heterocycles. The minimum atomic E-state index is 0.121. The average Bonchev–Trinajstić information content (AvgIpc) is 2.52. The number of imidazole rings is 1. The van der Waals surface area contributed by atoms with Crippen LogP contribution in [0.5, 0.6) is 0 Å². The summed E-state index contributed by atoms with van der Waals surface area (Å²) in [4.78, 5) is 6.85. The Morgan fingerprint density at radius 3 is 3.09 bits per heavy atom. The highest BCUT2D eigenvalue weighted by molar-refractivity contribution is 4.97. The van der Waals surface area contributed by atoms with Crippen LogP contribution in [0.25, 0.3) is 0 Å². The third-order valence-corrected chi connectivity index (χ3v) is 1.65. The number of nitrogens with one attached hydrogen (secondary N) is 2. The quantitative estimate of drug-likeness (QED) is 0.551. The number of aromatic amines is 1. The molecule has 0 aromatic carbocycles. The maximum absolute atomic E-state index is 8.83. The highest BCUT2D eigenvalue weighted by Gasteiger charge is 2.05. The first-order valence-electron chi connectivity index (χ1n) is 3.62. The molecule has 0 aliphatic heterocycles. The summed E-state index contributed by atoms with van der Waals surface area (Å²) in [5, 5.41) is 11.8. The first-order chi connectivity index (χ1) is 5.36. The number of aliphatic hydroxyl groups excluding tert-OH is 1. The number of aromatic nitrogens is 2. The molecule has 1 rings (SSSR count). The van der Waals surface area contributed by atoms with Gasteiger partial charge < -0.3 is 15.4 Å². The standard InChI is InChI=1S/C7H13N3O/c1-8-7(4-11)2-6-3-9-5-10-6/h3,5,7-8,11H,2,4H2,1H3,(H,9,10)/t7-/m1/s1. The van der Waals surface area contributed by atoms with E-state index in [9.17, 15) is 0 Å². The van der Waals surface area contributed by atoms with Crippen molar-refractivity contribution in [2.45, 2.75) is 12.5 Å². The zero-order chi connectivity index (χ0) is 8.10. The molecule has 0 bridgehead atoms. The van der Waals surface area contributed by atoms with E-state index in [4.69, 9.17) is 5.11 Å². The van der Waals surface area contributed by atoms with E-state index in [1.807, 2.05) is 7.05 Å². The minimum absolute atomic E-state index is 0.121. The summed E-state index contributed by atoms with van der Waals surface area (Å²) >= 11 is 0. The molecule has 0 aliphatic carbocycles. The molecule has 1 atom stereocenters. The molecule has 62 valence electrons. The summed E-state index contributed by atoms with van der Waals surface area (Å²) in [6, 6.07) is 0.121. The van der Waals surface area contributed by atoms with Crippen LogP contribution in [0.3, 0.4) is 0 Å². The Labute approximate surface area is 65.7 Å². The molecule has 11 heavy (non-hydrogen) atoms. The van der Waals surface area contributed by atoms with Gasteiger partial charge in [0.2, 0.25) is 0 Å². The van der Waals surface area contributed by atoms with Gasteiger partial charge in [-0.1, -0.05) is 0 Å². The summed E-state index contributed by atoms with van der Waals surface area (Å²) in [5.74, 6) is 0. The van der Waals surface area contributed by atoms with E-state index in [0.717, 1.165) is 12.1 Å². The molecule has 4 heteroatoms. The maximum Gasteiger partial charge on any atom is 0.0921 e. The van der Waals surface area contributed by atoms with Gasteiger partial charge in [0.25, 0.3) is 0 Å². The van der Waals surface area contributed by atoms with Crippen molar-refractivity contribution in [3.05, 3.63) is 18.2 Å². The van der Waals surface area contributed by atoms with Crippen LogP contribution >= 0.6 is 0 Å². The third-order valence-electron chi connectivity index (χ3n) is 1.65. The second-order valence-electron chi connectivity index (χ2n) is 2.45. The summed E-state index contributed by atoms with van der Waals surface area (Å²) in [7, 11) is 1.83. The molecule has 0 unspecified atom stereocenters. The highest BCUT2D eigenvalue weighted by Crippen LogP contribution is 1.96. The maximum atomic E-state index is 8.83. The Morgan fingerprint density at radius 2 is 2.64 bits per heavy atom. The lowest BCUT2D eigenvalue weighted by molar-refractivity contribution is 0.247. The van der Waals surface area contributed by atoms with Crippen LogP contribution < -0.4 is 5.32 Å². The molecule has 4 nitrogen and oxygen atoms in total. The average molecular weight is 155 g/mol. The Morgan fingerprint density at radius 1 is 1.82 bits per heavy atom. The van der Waals surface area contributed by atoms with Gasteiger partial charge in [0.15, 0.2) is 0 Å². The summed E-state index contributed by atoms with van der Waals surface area (Å²) in [5.41, 5.74) is 1.04. The van der Waals surface area contributed by atoms with E-state index in [2.05, 4.69) is 15.3 Å². The van der Waals surface area contributed by atoms with E-state index in [1.54, 1.807) is 12.5 Å². The molecule has 0 saturated heterocycles. The smallest absolute Gasteiger partial charge is 0.0921 e. The van der Waals surface area contributed by atoms with Gasteiger partial charge >= 0.3 is 0 Å². The summed E-state index contributed by atoms with van der Waals surface area (Å²) in [6.45, 7) is 0.148. The number of likely N-dealkylation sites (N-methyl/N-ethyl adjacent to an activating group) is 1. The Hall–Kier alpha value is -0.870. The van der Waals surface area contributed by atoms with E-state index in [-0.39, 0.29) is 12.6 Å². The number of nitrogens with zero attached hydrogens (tertiary/aromatic N) is 1. The monoisotopic (exact) mass is 155 g/mol. The molecule has 3 N–H and O–H groups in total. The number of hydrogen-bond donors (Lipinski definition) is 3. The topological polar surface area (TPSA) is 60.9 Å². The van der Waals surface area contributed by atoms with E-state index >= 15 is 0 Å². The van der Waals surface area contributed by atoms with Gasteiger partial charge in [-0.05, 0) is 7.05 Å². The number of aliphatic hydroxyl groups is 1. The fourth-order valence-electron chi connectivity index (χ4n) is 0.920. The lowest BCUT2D eigenvalue weighted by atomic mass is 10.2. The molecule has 1 aromatic rings. The van der Waals surface area contributed by atoms with E-state index in [1.165, 1.54) is 0 Å². The number of rotatable bonds is 4. The molecule has 0 spiro atoms.